The summed E-state index contributed by atoms with van der Waals surface area (Å²) >= 11 is 0. The van der Waals surface area contributed by atoms with Crippen molar-refractivity contribution in [3.05, 3.63) is 0 Å². The van der Waals surface area contributed by atoms with Crippen LogP contribution in [0, 0.1) is 11.8 Å². The van der Waals surface area contributed by atoms with Gasteiger partial charge in [0, 0.05) is 18.8 Å². The Hall–Kier alpha value is 0.140. The number of hydrogen-bond acceptors (Lipinski definition) is 6. The molecule has 0 aromatic heterocycles. The first-order valence-corrected chi connectivity index (χ1v) is 9.84. The highest BCUT2D eigenvalue weighted by Gasteiger charge is 2.47. The number of phosphoric acid groups is 2. The van der Waals surface area contributed by atoms with Gasteiger partial charge in [0.1, 0.15) is 0 Å². The fraction of sp³-hybridized carbons (Fsp3) is 1.00. The van der Waals surface area contributed by atoms with E-state index in [0.29, 0.717) is 0 Å². The smallest absolute Gasteiger partial charge is 0.393 e. The maximum Gasteiger partial charge on any atom is 0.469 e. The van der Waals surface area contributed by atoms with Crippen molar-refractivity contribution in [3.8, 4) is 0 Å². The zero-order chi connectivity index (χ0) is 16.7. The average molecular weight is 362 g/mol. The Morgan fingerprint density at radius 1 is 0.727 bits per heavy atom. The fourth-order valence-electron chi connectivity index (χ4n) is 3.58. The Morgan fingerprint density at radius 3 is 1.41 bits per heavy atom. The topological polar surface area (TPSA) is 174 Å². The number of aliphatic hydroxyl groups is 2. The van der Waals surface area contributed by atoms with E-state index >= 15 is 0 Å². The third kappa shape index (κ3) is 5.07. The lowest BCUT2D eigenvalue weighted by Gasteiger charge is -2.46. The highest BCUT2D eigenvalue weighted by Crippen LogP contribution is 2.49. The van der Waals surface area contributed by atoms with Gasteiger partial charge in [-0.1, -0.05) is 0 Å². The van der Waals surface area contributed by atoms with Crippen LogP contribution in [0.5, 0.6) is 0 Å². The summed E-state index contributed by atoms with van der Waals surface area (Å²) in [5, 5.41) is 20.1. The van der Waals surface area contributed by atoms with Crippen molar-refractivity contribution in [1.29, 1.82) is 0 Å². The molecule has 22 heavy (non-hydrogen) atoms. The van der Waals surface area contributed by atoms with Gasteiger partial charge in [0.05, 0.1) is 24.4 Å². The van der Waals surface area contributed by atoms with E-state index < -0.39 is 51.9 Å². The van der Waals surface area contributed by atoms with Crippen molar-refractivity contribution in [3.63, 3.8) is 0 Å². The molecule has 0 aromatic rings. The zero-order valence-electron chi connectivity index (χ0n) is 11.5. The molecule has 6 N–H and O–H groups in total. The van der Waals surface area contributed by atoms with Crippen LogP contribution in [-0.4, -0.2) is 54.2 Å². The molecule has 10 nitrogen and oxygen atoms in total. The number of phosphoric ester groups is 2. The zero-order valence-corrected chi connectivity index (χ0v) is 13.3. The van der Waals surface area contributed by atoms with E-state index in [1.54, 1.807) is 0 Å². The lowest BCUT2D eigenvalue weighted by molar-refractivity contribution is -0.119. The Balaban J connectivity index is 2.07. The van der Waals surface area contributed by atoms with Crippen molar-refractivity contribution >= 4 is 15.6 Å². The molecule has 2 aliphatic rings. The molecule has 2 aliphatic carbocycles. The average Bonchev–Trinajstić information content (AvgIpc) is 2.21. The number of rotatable bonds is 4. The number of hydrogen-bond donors (Lipinski definition) is 6. The van der Waals surface area contributed by atoms with Crippen molar-refractivity contribution in [1.82, 2.24) is 0 Å². The van der Waals surface area contributed by atoms with E-state index in [1.807, 2.05) is 0 Å². The molecule has 0 bridgehead atoms. The van der Waals surface area contributed by atoms with Crippen LogP contribution in [0.4, 0.5) is 0 Å². The summed E-state index contributed by atoms with van der Waals surface area (Å²) in [6.45, 7) is 0. The number of aliphatic hydroxyl groups excluding tert-OH is 2. The summed E-state index contributed by atoms with van der Waals surface area (Å²) in [4.78, 5) is 35.4. The van der Waals surface area contributed by atoms with Gasteiger partial charge in [-0.15, -0.1) is 0 Å². The normalized spacial score (nSPS) is 40.3. The Bertz CT molecular complexity index is 444. The highest BCUT2D eigenvalue weighted by atomic mass is 31.2. The summed E-state index contributed by atoms with van der Waals surface area (Å²) < 4.78 is 31.0. The summed E-state index contributed by atoms with van der Waals surface area (Å²) in [6.07, 6.45) is -3.53. The van der Waals surface area contributed by atoms with Gasteiger partial charge in [0.25, 0.3) is 0 Å². The molecular formula is C10H20O10P2. The van der Waals surface area contributed by atoms with Gasteiger partial charge in [-0.05, 0) is 18.8 Å². The second kappa shape index (κ2) is 6.57. The van der Waals surface area contributed by atoms with E-state index in [0.717, 1.165) is 0 Å². The Kier molecular flexibility index (Phi) is 5.51. The third-order valence-corrected chi connectivity index (χ3v) is 5.29. The van der Waals surface area contributed by atoms with E-state index in [1.165, 1.54) is 0 Å². The molecule has 0 amide bonds. The predicted octanol–water partition coefficient (Wildman–Crippen LogP) is -0.516. The van der Waals surface area contributed by atoms with Crippen LogP contribution in [0.15, 0.2) is 0 Å². The molecule has 0 radical (unpaired) electrons. The van der Waals surface area contributed by atoms with Gasteiger partial charge < -0.3 is 29.8 Å². The standard InChI is InChI=1S/C10H20O10P2/c11-8-3-6(19-21(13,14)15)1-5-2-7(20-22(16,17)18)4-9(12)10(5)8/h5-12H,1-4H2,(H2,13,14,15)(H2,16,17,18). The fourth-order valence-corrected chi connectivity index (χ4v) is 4.70. The van der Waals surface area contributed by atoms with Gasteiger partial charge in [0.2, 0.25) is 0 Å². The minimum atomic E-state index is -4.70. The maximum atomic E-state index is 10.9. The minimum Gasteiger partial charge on any atom is -0.393 e. The quantitative estimate of drug-likeness (QED) is 0.357. The summed E-state index contributed by atoms with van der Waals surface area (Å²) in [6, 6.07) is 0. The maximum absolute atomic E-state index is 10.9. The minimum absolute atomic E-state index is 0.0205. The molecule has 12 heteroatoms. The van der Waals surface area contributed by atoms with Crippen molar-refractivity contribution < 1.29 is 48.0 Å². The molecule has 0 heterocycles. The lowest BCUT2D eigenvalue weighted by atomic mass is 9.66. The van der Waals surface area contributed by atoms with E-state index in [2.05, 4.69) is 9.05 Å². The highest BCUT2D eigenvalue weighted by molar-refractivity contribution is 7.46. The molecule has 2 saturated carbocycles. The van der Waals surface area contributed by atoms with Crippen molar-refractivity contribution in [2.75, 3.05) is 0 Å². The van der Waals surface area contributed by atoms with Gasteiger partial charge in [-0.3, -0.25) is 9.05 Å². The van der Waals surface area contributed by atoms with Crippen LogP contribution >= 0.6 is 15.6 Å². The summed E-state index contributed by atoms with van der Waals surface area (Å²) in [5.74, 6) is -0.950. The second-order valence-electron chi connectivity index (χ2n) is 5.85. The molecular weight excluding hydrogens is 342 g/mol. The lowest BCUT2D eigenvalue weighted by Crippen LogP contribution is -2.50. The van der Waals surface area contributed by atoms with Crippen LogP contribution in [0.1, 0.15) is 25.7 Å². The molecule has 4 unspecified atom stereocenters. The van der Waals surface area contributed by atoms with Crippen molar-refractivity contribution in [2.45, 2.75) is 50.1 Å². The van der Waals surface area contributed by atoms with Crippen molar-refractivity contribution in [2.24, 2.45) is 11.8 Å². The Labute approximate surface area is 126 Å². The molecule has 2 fully saturated rings. The van der Waals surface area contributed by atoms with Gasteiger partial charge in [0.15, 0.2) is 0 Å². The van der Waals surface area contributed by atoms with Gasteiger partial charge >= 0.3 is 15.6 Å². The molecule has 4 atom stereocenters. The van der Waals surface area contributed by atoms with Gasteiger partial charge in [-0.2, -0.15) is 0 Å². The first kappa shape index (κ1) is 18.5. The van der Waals surface area contributed by atoms with E-state index in [9.17, 15) is 19.3 Å². The molecule has 2 rings (SSSR count). The van der Waals surface area contributed by atoms with Gasteiger partial charge in [-0.25, -0.2) is 9.13 Å². The first-order valence-electron chi connectivity index (χ1n) is 6.78. The Morgan fingerprint density at radius 2 is 1.09 bits per heavy atom. The monoisotopic (exact) mass is 362 g/mol. The van der Waals surface area contributed by atoms with Crippen LogP contribution in [-0.2, 0) is 18.2 Å². The summed E-state index contributed by atoms with van der Waals surface area (Å²) in [5.41, 5.74) is 0. The molecule has 130 valence electrons. The summed E-state index contributed by atoms with van der Waals surface area (Å²) in [7, 11) is -9.40. The largest absolute Gasteiger partial charge is 0.469 e. The molecule has 0 saturated heterocycles. The second-order valence-corrected chi connectivity index (χ2v) is 8.23. The van der Waals surface area contributed by atoms with Crippen LogP contribution in [0.2, 0.25) is 0 Å². The van der Waals surface area contributed by atoms with Crippen LogP contribution in [0.3, 0.4) is 0 Å². The molecule has 0 spiro atoms. The predicted molar refractivity (Wildman–Crippen MR) is 71.3 cm³/mol. The molecule has 0 aromatic carbocycles. The SMILES string of the molecule is O=P(O)(O)OC1CC(O)C2C(O)CC(OP(=O)(O)O)CC2C1. The molecule has 0 aliphatic heterocycles. The van der Waals surface area contributed by atoms with Crippen LogP contribution in [0.25, 0.3) is 0 Å². The first-order chi connectivity index (χ1) is 9.94. The van der Waals surface area contributed by atoms with Crippen LogP contribution < -0.4 is 0 Å². The number of fused-ring (bicyclic) bond motifs is 1. The van der Waals surface area contributed by atoms with E-state index in [4.69, 9.17) is 19.6 Å². The van der Waals surface area contributed by atoms with E-state index in [-0.39, 0.29) is 25.7 Å². The third-order valence-electron chi connectivity index (χ3n) is 4.15.